The monoisotopic (exact) mass is 416 g/mol. The van der Waals surface area contributed by atoms with Crippen LogP contribution in [0.5, 0.6) is 0 Å². The van der Waals surface area contributed by atoms with Crippen molar-refractivity contribution >= 4 is 11.4 Å². The number of hydrogen-bond acceptors (Lipinski definition) is 1. The quantitative estimate of drug-likeness (QED) is 0.440. The fraction of sp³-hybridized carbons (Fsp3) is 0.500. The van der Waals surface area contributed by atoms with Gasteiger partial charge in [0.2, 0.25) is 0 Å². The second-order valence-corrected chi connectivity index (χ2v) is 9.22. The summed E-state index contributed by atoms with van der Waals surface area (Å²) in [6.45, 7) is 15.2. The highest BCUT2D eigenvalue weighted by atomic mass is 16.1. The molecule has 0 aliphatic heterocycles. The van der Waals surface area contributed by atoms with Gasteiger partial charge in [0.05, 0.1) is 0 Å². The van der Waals surface area contributed by atoms with Gasteiger partial charge in [0, 0.05) is 17.9 Å². The van der Waals surface area contributed by atoms with Crippen LogP contribution in [-0.2, 0) is 12.8 Å². The molecule has 1 nitrogen and oxygen atoms in total. The van der Waals surface area contributed by atoms with Gasteiger partial charge in [-0.25, -0.2) is 0 Å². The summed E-state index contributed by atoms with van der Waals surface area (Å²) in [5, 5.41) is 0. The Bertz CT molecular complexity index is 961. The van der Waals surface area contributed by atoms with E-state index in [9.17, 15) is 4.79 Å². The Balaban J connectivity index is 0.000000491. The number of carbonyl (C=O) groups excluding carboxylic acids is 1. The van der Waals surface area contributed by atoms with Gasteiger partial charge in [0.25, 0.3) is 0 Å². The molecule has 4 rings (SSSR count). The zero-order chi connectivity index (χ0) is 22.5. The first-order valence-corrected chi connectivity index (χ1v) is 12.5. The van der Waals surface area contributed by atoms with Gasteiger partial charge >= 0.3 is 0 Å². The van der Waals surface area contributed by atoms with Gasteiger partial charge in [-0.3, -0.25) is 4.79 Å². The lowest BCUT2D eigenvalue weighted by Crippen LogP contribution is -1.99. The number of fused-ring (bicyclic) bond motifs is 5. The van der Waals surface area contributed by atoms with Crippen LogP contribution >= 0.6 is 0 Å². The van der Waals surface area contributed by atoms with Crippen molar-refractivity contribution in [2.24, 2.45) is 0 Å². The number of Topliss-reactive ketones (excluding diaryl/α,β-unsaturated/α-hetero) is 1. The van der Waals surface area contributed by atoms with Crippen molar-refractivity contribution in [2.75, 3.05) is 0 Å². The third-order valence-corrected chi connectivity index (χ3v) is 6.96. The molecule has 0 spiro atoms. The maximum atomic E-state index is 12.3. The van der Waals surface area contributed by atoms with Crippen LogP contribution in [0.25, 0.3) is 16.7 Å². The Labute approximate surface area is 190 Å². The SMILES string of the molecule is C=C(C)c1ccc2c(c1CC)-c1c(ccc3c1CCC3=O)C2CCCC.CCCCC. The van der Waals surface area contributed by atoms with Crippen molar-refractivity contribution in [1.82, 2.24) is 0 Å². The summed E-state index contributed by atoms with van der Waals surface area (Å²) in [7, 11) is 0. The molecule has 0 bridgehead atoms. The molecule has 0 N–H and O–H groups in total. The van der Waals surface area contributed by atoms with E-state index in [0.29, 0.717) is 18.1 Å². The number of hydrogen-bond donors (Lipinski definition) is 0. The van der Waals surface area contributed by atoms with Crippen molar-refractivity contribution in [2.45, 2.75) is 98.3 Å². The third kappa shape index (κ3) is 4.43. The van der Waals surface area contributed by atoms with Crippen LogP contribution < -0.4 is 0 Å². The number of benzene rings is 2. The standard InChI is InChI=1S/C25H28O.C5H12/c1-5-7-8-18-20-11-9-17(15(3)4)16(6-2)24(20)25-21(18)12-10-19-22(25)13-14-23(19)26;1-3-5-4-2/h9-12,18H,3,5-8,13-14H2,1-2,4H3;3-5H2,1-2H3. The van der Waals surface area contributed by atoms with Crippen molar-refractivity contribution in [1.29, 1.82) is 0 Å². The summed E-state index contributed by atoms with van der Waals surface area (Å²) in [5.41, 5.74) is 11.9. The van der Waals surface area contributed by atoms with E-state index in [4.69, 9.17) is 0 Å². The van der Waals surface area contributed by atoms with Crippen molar-refractivity contribution in [3.8, 4) is 11.1 Å². The Hall–Kier alpha value is -2.15. The average Bonchev–Trinajstić information content (AvgIpc) is 3.30. The molecule has 0 fully saturated rings. The zero-order valence-corrected chi connectivity index (χ0v) is 20.4. The van der Waals surface area contributed by atoms with E-state index in [1.54, 1.807) is 0 Å². The Morgan fingerprint density at radius 1 is 0.903 bits per heavy atom. The van der Waals surface area contributed by atoms with E-state index in [0.717, 1.165) is 24.0 Å². The normalized spacial score (nSPS) is 15.8. The molecule has 0 amide bonds. The molecule has 0 heterocycles. The van der Waals surface area contributed by atoms with Crippen LogP contribution in [0.3, 0.4) is 0 Å². The van der Waals surface area contributed by atoms with Gasteiger partial charge in [0.1, 0.15) is 0 Å². The van der Waals surface area contributed by atoms with Crippen molar-refractivity contribution in [3.63, 3.8) is 0 Å². The van der Waals surface area contributed by atoms with Crippen molar-refractivity contribution in [3.05, 3.63) is 64.2 Å². The Morgan fingerprint density at radius 3 is 2.13 bits per heavy atom. The number of unbranched alkanes of at least 4 members (excludes halogenated alkanes) is 3. The number of allylic oxidation sites excluding steroid dienone is 1. The van der Waals surface area contributed by atoms with E-state index >= 15 is 0 Å². The second-order valence-electron chi connectivity index (χ2n) is 9.22. The molecule has 31 heavy (non-hydrogen) atoms. The van der Waals surface area contributed by atoms with Crippen LogP contribution in [0, 0.1) is 0 Å². The molecule has 0 saturated carbocycles. The molecule has 0 radical (unpaired) electrons. The van der Waals surface area contributed by atoms with Crippen LogP contribution in [0.4, 0.5) is 0 Å². The van der Waals surface area contributed by atoms with E-state index in [2.05, 4.69) is 65.5 Å². The predicted octanol–water partition coefficient (Wildman–Crippen LogP) is 8.91. The summed E-state index contributed by atoms with van der Waals surface area (Å²) < 4.78 is 0. The zero-order valence-electron chi connectivity index (χ0n) is 20.4. The second kappa shape index (κ2) is 10.4. The van der Waals surface area contributed by atoms with E-state index < -0.39 is 0 Å². The minimum absolute atomic E-state index is 0.315. The van der Waals surface area contributed by atoms with Crippen molar-refractivity contribution < 1.29 is 4.79 Å². The van der Waals surface area contributed by atoms with Crippen LogP contribution in [0.2, 0.25) is 0 Å². The largest absolute Gasteiger partial charge is 0.294 e. The van der Waals surface area contributed by atoms with E-state index in [1.165, 1.54) is 77.5 Å². The highest BCUT2D eigenvalue weighted by Crippen LogP contribution is 2.52. The summed E-state index contributed by atoms with van der Waals surface area (Å²) in [5.74, 6) is 0.792. The number of ketones is 1. The smallest absolute Gasteiger partial charge is 0.163 e. The third-order valence-electron chi connectivity index (χ3n) is 6.96. The van der Waals surface area contributed by atoms with Gasteiger partial charge < -0.3 is 0 Å². The molecule has 2 aromatic carbocycles. The van der Waals surface area contributed by atoms with Crippen LogP contribution in [0.1, 0.15) is 124 Å². The number of rotatable bonds is 7. The molecule has 0 aromatic heterocycles. The fourth-order valence-corrected chi connectivity index (χ4v) is 5.40. The number of carbonyl (C=O) groups is 1. The molecular formula is C30H40O. The highest BCUT2D eigenvalue weighted by Gasteiger charge is 2.35. The lowest BCUT2D eigenvalue weighted by molar-refractivity contribution is 0.0994. The maximum Gasteiger partial charge on any atom is 0.163 e. The highest BCUT2D eigenvalue weighted by molar-refractivity contribution is 6.04. The Kier molecular flexibility index (Phi) is 7.92. The lowest BCUT2D eigenvalue weighted by Gasteiger charge is -2.17. The molecular weight excluding hydrogens is 376 g/mol. The molecule has 1 unspecified atom stereocenters. The average molecular weight is 417 g/mol. The molecule has 2 aromatic rings. The molecule has 1 heteroatoms. The summed E-state index contributed by atoms with van der Waals surface area (Å²) in [4.78, 5) is 12.3. The first-order valence-electron chi connectivity index (χ1n) is 12.5. The summed E-state index contributed by atoms with van der Waals surface area (Å²) >= 11 is 0. The fourth-order valence-electron chi connectivity index (χ4n) is 5.40. The van der Waals surface area contributed by atoms with Crippen LogP contribution in [-0.4, -0.2) is 5.78 Å². The first-order chi connectivity index (χ1) is 15.0. The summed E-state index contributed by atoms with van der Waals surface area (Å²) in [6, 6.07) is 8.95. The van der Waals surface area contributed by atoms with Gasteiger partial charge in [-0.1, -0.05) is 96.2 Å². The maximum absolute atomic E-state index is 12.3. The Morgan fingerprint density at radius 2 is 1.55 bits per heavy atom. The minimum Gasteiger partial charge on any atom is -0.294 e. The van der Waals surface area contributed by atoms with Gasteiger partial charge in [-0.15, -0.1) is 0 Å². The van der Waals surface area contributed by atoms with Gasteiger partial charge in [-0.2, -0.15) is 0 Å². The predicted molar refractivity (Wildman–Crippen MR) is 135 cm³/mol. The molecule has 0 saturated heterocycles. The van der Waals surface area contributed by atoms with E-state index in [1.807, 2.05) is 0 Å². The molecule has 2 aliphatic carbocycles. The molecule has 2 aliphatic rings. The minimum atomic E-state index is 0.315. The topological polar surface area (TPSA) is 17.1 Å². The molecule has 1 atom stereocenters. The van der Waals surface area contributed by atoms with Gasteiger partial charge in [-0.05, 0) is 65.1 Å². The van der Waals surface area contributed by atoms with Gasteiger partial charge in [0.15, 0.2) is 5.78 Å². The van der Waals surface area contributed by atoms with E-state index in [-0.39, 0.29) is 0 Å². The first kappa shape index (κ1) is 23.5. The van der Waals surface area contributed by atoms with Crippen LogP contribution in [0.15, 0.2) is 30.8 Å². The lowest BCUT2D eigenvalue weighted by atomic mass is 9.87. The summed E-state index contributed by atoms with van der Waals surface area (Å²) in [6.07, 6.45) is 10.3. The molecule has 166 valence electrons.